The Morgan fingerprint density at radius 2 is 1.83 bits per heavy atom. The van der Waals surface area contributed by atoms with Crippen molar-refractivity contribution in [3.8, 4) is 11.6 Å². The second kappa shape index (κ2) is 15.8. The number of ether oxygens (including phenoxy) is 3. The number of Topliss-reactive ketones (excluding diaryl/α,β-unsaturated/α-hetero) is 1. The minimum Gasteiger partial charge on any atom is -0.497 e. The predicted molar refractivity (Wildman–Crippen MR) is 199 cm³/mol. The number of nitrogens with one attached hydrogen (secondary N) is 3. The van der Waals surface area contributed by atoms with Crippen molar-refractivity contribution < 1.29 is 46.6 Å². The minimum absolute atomic E-state index is 0.00394. The first-order valence-corrected chi connectivity index (χ1v) is 19.5. The molecule has 16 heteroatoms. The lowest BCUT2D eigenvalue weighted by Gasteiger charge is -2.43. The molecule has 2 saturated carbocycles. The number of rotatable bonds is 14. The van der Waals surface area contributed by atoms with Crippen molar-refractivity contribution in [1.29, 1.82) is 0 Å². The molecular weight excluding hydrogens is 719 g/mol. The highest BCUT2D eigenvalue weighted by Gasteiger charge is 2.53. The lowest BCUT2D eigenvalue weighted by Crippen LogP contribution is -2.66. The molecule has 0 unspecified atom stereocenters. The Hall–Kier alpha value is -4.99. The molecule has 3 fully saturated rings. The SMILES string of the molecule is C=C1CC(NC(=O)[C@@H]2C[C@@H](Oc3nccc4cc(OC)ccc34)CN2C(=O)[C@H](CCC(=O)/C(C)=C/C)NC(=O)OC(C)(C)C)(C(=O)NS(=O)(=O)C2CC2)C1. The summed E-state index contributed by atoms with van der Waals surface area (Å²) >= 11 is 0. The number of benzene rings is 1. The molecule has 0 radical (unpaired) electrons. The van der Waals surface area contributed by atoms with E-state index in [-0.39, 0.29) is 50.3 Å². The van der Waals surface area contributed by atoms with Gasteiger partial charge in [-0.05, 0) is 89.1 Å². The average Bonchev–Trinajstić information content (AvgIpc) is 3.88. The van der Waals surface area contributed by atoms with Gasteiger partial charge in [0.05, 0.1) is 18.9 Å². The van der Waals surface area contributed by atoms with E-state index < -0.39 is 68.4 Å². The second-order valence-electron chi connectivity index (χ2n) is 15.2. The number of ketones is 1. The zero-order chi connectivity index (χ0) is 39.6. The fraction of sp³-hybridized carbons (Fsp3) is 0.526. The van der Waals surface area contributed by atoms with Crippen LogP contribution >= 0.6 is 0 Å². The minimum atomic E-state index is -3.93. The van der Waals surface area contributed by atoms with Gasteiger partial charge in [0.1, 0.15) is 35.1 Å². The Bertz CT molecular complexity index is 1980. The number of carbonyl (C=O) groups excluding carboxylic acids is 5. The number of methoxy groups -OCH3 is 1. The standard InChI is InChI=1S/C38H49N5O10S/c1-8-23(3)31(44)14-13-29(40-36(48)53-37(4,5)6)34(46)43-21-26(52-33-28-12-9-25(51-7)17-24(28)15-16-39-33)18-30(43)32(45)41-38(19-22(2)20-38)35(47)42-54(49,50)27-10-11-27/h8-9,12,15-17,26-27,29-30H,2,10-11,13-14,18-21H2,1,3-7H3,(H,40,48)(H,41,45)(H,42,47)/b23-8+/t26-,29+,30+/m1/s1. The second-order valence-corrected chi connectivity index (χ2v) is 17.1. The van der Waals surface area contributed by atoms with Gasteiger partial charge in [0.25, 0.3) is 5.91 Å². The number of hydrogen-bond donors (Lipinski definition) is 3. The van der Waals surface area contributed by atoms with Gasteiger partial charge in [0.2, 0.25) is 27.7 Å². The van der Waals surface area contributed by atoms with Crippen LogP contribution in [0.1, 0.15) is 79.6 Å². The molecule has 0 spiro atoms. The maximum atomic E-state index is 14.5. The summed E-state index contributed by atoms with van der Waals surface area (Å²) in [5.74, 6) is -1.63. The molecule has 1 aliphatic heterocycles. The third-order valence-corrected chi connectivity index (χ3v) is 11.5. The van der Waals surface area contributed by atoms with Crippen molar-refractivity contribution in [1.82, 2.24) is 25.2 Å². The first-order valence-electron chi connectivity index (χ1n) is 17.9. The molecule has 2 heterocycles. The maximum absolute atomic E-state index is 14.5. The van der Waals surface area contributed by atoms with Crippen LogP contribution in [-0.4, -0.2) is 96.1 Å². The van der Waals surface area contributed by atoms with Crippen molar-refractivity contribution >= 4 is 50.4 Å². The number of likely N-dealkylation sites (tertiary alicyclic amines) is 1. The Balaban J connectivity index is 1.45. The Morgan fingerprint density at radius 1 is 1.13 bits per heavy atom. The van der Waals surface area contributed by atoms with Gasteiger partial charge in [-0.15, -0.1) is 0 Å². The smallest absolute Gasteiger partial charge is 0.408 e. The largest absolute Gasteiger partial charge is 0.497 e. The summed E-state index contributed by atoms with van der Waals surface area (Å²) in [6.07, 6.45) is 2.19. The number of alkyl carbamates (subject to hydrolysis) is 1. The van der Waals surface area contributed by atoms with Crippen LogP contribution in [0, 0.1) is 0 Å². The van der Waals surface area contributed by atoms with Gasteiger partial charge in [0.15, 0.2) is 5.78 Å². The van der Waals surface area contributed by atoms with Crippen LogP contribution in [0.15, 0.2) is 54.3 Å². The summed E-state index contributed by atoms with van der Waals surface area (Å²) in [5.41, 5.74) is -1.38. The van der Waals surface area contributed by atoms with Crippen molar-refractivity contribution in [2.45, 2.75) is 114 Å². The number of allylic oxidation sites excluding steroid dienone is 2. The number of carbonyl (C=O) groups is 5. The van der Waals surface area contributed by atoms with Crippen LogP contribution in [0.3, 0.4) is 0 Å². The number of fused-ring (bicyclic) bond motifs is 1. The maximum Gasteiger partial charge on any atom is 0.408 e. The van der Waals surface area contributed by atoms with E-state index in [9.17, 15) is 32.4 Å². The molecule has 54 heavy (non-hydrogen) atoms. The van der Waals surface area contributed by atoms with Gasteiger partial charge in [-0.25, -0.2) is 18.2 Å². The van der Waals surface area contributed by atoms with E-state index >= 15 is 0 Å². The molecule has 2 aromatic rings. The number of nitrogens with zero attached hydrogens (tertiary/aromatic N) is 2. The monoisotopic (exact) mass is 767 g/mol. The number of amides is 4. The Kier molecular flexibility index (Phi) is 11.7. The summed E-state index contributed by atoms with van der Waals surface area (Å²) in [6.45, 7) is 12.1. The van der Waals surface area contributed by atoms with Crippen LogP contribution in [-0.2, 0) is 33.9 Å². The van der Waals surface area contributed by atoms with Crippen LogP contribution in [0.25, 0.3) is 10.8 Å². The van der Waals surface area contributed by atoms with Gasteiger partial charge in [-0.2, -0.15) is 0 Å². The van der Waals surface area contributed by atoms with Crippen molar-refractivity contribution in [2.75, 3.05) is 13.7 Å². The van der Waals surface area contributed by atoms with E-state index in [1.165, 1.54) is 4.90 Å². The van der Waals surface area contributed by atoms with Gasteiger partial charge < -0.3 is 29.7 Å². The molecule has 4 amide bonds. The molecule has 3 N–H and O–H groups in total. The van der Waals surface area contributed by atoms with Gasteiger partial charge in [0, 0.05) is 37.3 Å². The molecule has 1 saturated heterocycles. The van der Waals surface area contributed by atoms with E-state index in [0.29, 0.717) is 35.1 Å². The highest BCUT2D eigenvalue weighted by atomic mass is 32.2. The molecular formula is C38H49N5O10S. The highest BCUT2D eigenvalue weighted by molar-refractivity contribution is 7.91. The molecule has 1 aromatic heterocycles. The number of sulfonamides is 1. The predicted octanol–water partition coefficient (Wildman–Crippen LogP) is 3.61. The normalized spacial score (nSPS) is 20.4. The highest BCUT2D eigenvalue weighted by Crippen LogP contribution is 2.38. The van der Waals surface area contributed by atoms with E-state index in [1.54, 1.807) is 72.2 Å². The van der Waals surface area contributed by atoms with Crippen LogP contribution in [0.2, 0.25) is 0 Å². The van der Waals surface area contributed by atoms with E-state index in [0.717, 1.165) is 5.39 Å². The lowest BCUT2D eigenvalue weighted by atomic mass is 9.72. The molecule has 3 atom stereocenters. The van der Waals surface area contributed by atoms with Crippen molar-refractivity contribution in [2.24, 2.45) is 0 Å². The molecule has 3 aliphatic rings. The summed E-state index contributed by atoms with van der Waals surface area (Å²) in [4.78, 5) is 73.7. The first kappa shape index (κ1) is 40.2. The topological polar surface area (TPSA) is 199 Å². The van der Waals surface area contributed by atoms with E-state index in [1.807, 2.05) is 6.07 Å². The summed E-state index contributed by atoms with van der Waals surface area (Å²) in [5, 5.41) is 6.12. The molecule has 15 nitrogen and oxygen atoms in total. The third-order valence-electron chi connectivity index (χ3n) is 9.68. The molecule has 0 bridgehead atoms. The average molecular weight is 768 g/mol. The summed E-state index contributed by atoms with van der Waals surface area (Å²) < 4.78 is 44.7. The number of pyridine rings is 1. The summed E-state index contributed by atoms with van der Waals surface area (Å²) in [6, 6.07) is 4.62. The lowest BCUT2D eigenvalue weighted by molar-refractivity contribution is -0.142. The third kappa shape index (κ3) is 9.38. The fourth-order valence-electron chi connectivity index (χ4n) is 6.54. The van der Waals surface area contributed by atoms with Gasteiger partial charge >= 0.3 is 6.09 Å². The van der Waals surface area contributed by atoms with Crippen LogP contribution < -0.4 is 24.8 Å². The Labute approximate surface area is 315 Å². The molecule has 292 valence electrons. The van der Waals surface area contributed by atoms with Gasteiger partial charge in [-0.3, -0.25) is 23.9 Å². The summed E-state index contributed by atoms with van der Waals surface area (Å²) in [7, 11) is -2.38. The molecule has 5 rings (SSSR count). The van der Waals surface area contributed by atoms with Crippen molar-refractivity contribution in [3.05, 3.63) is 54.3 Å². The zero-order valence-corrected chi connectivity index (χ0v) is 32.3. The zero-order valence-electron chi connectivity index (χ0n) is 31.5. The fourth-order valence-corrected chi connectivity index (χ4v) is 7.92. The van der Waals surface area contributed by atoms with E-state index in [4.69, 9.17) is 14.2 Å². The van der Waals surface area contributed by atoms with Crippen LogP contribution in [0.4, 0.5) is 4.79 Å². The first-order chi connectivity index (χ1) is 25.3. The number of aromatic nitrogens is 1. The molecule has 1 aromatic carbocycles. The van der Waals surface area contributed by atoms with Gasteiger partial charge in [-0.1, -0.05) is 18.2 Å². The van der Waals surface area contributed by atoms with Crippen molar-refractivity contribution in [3.63, 3.8) is 0 Å². The number of hydrogen-bond acceptors (Lipinski definition) is 11. The Morgan fingerprint density at radius 3 is 2.44 bits per heavy atom. The van der Waals surface area contributed by atoms with E-state index in [2.05, 4.69) is 26.9 Å². The molecule has 2 aliphatic carbocycles. The quantitative estimate of drug-likeness (QED) is 0.187. The van der Waals surface area contributed by atoms with Crippen LogP contribution in [0.5, 0.6) is 11.6 Å².